The summed E-state index contributed by atoms with van der Waals surface area (Å²) in [5.74, 6) is 0.433. The first-order chi connectivity index (χ1) is 12.6. The number of hydrogen-bond donors (Lipinski definition) is 2. The number of anilines is 1. The molecule has 0 aromatic heterocycles. The highest BCUT2D eigenvalue weighted by atomic mass is 35.5. The monoisotopic (exact) mass is 426 g/mol. The number of hydrogen-bond acceptors (Lipinski definition) is 4. The van der Waals surface area contributed by atoms with Gasteiger partial charge in [-0.15, -0.1) is 0 Å². The van der Waals surface area contributed by atoms with E-state index in [1.807, 2.05) is 0 Å². The summed E-state index contributed by atoms with van der Waals surface area (Å²) in [5, 5.41) is 3.08. The molecule has 1 amide bonds. The van der Waals surface area contributed by atoms with E-state index in [0.717, 1.165) is 5.75 Å². The van der Waals surface area contributed by atoms with Gasteiger partial charge in [-0.3, -0.25) is 9.52 Å². The van der Waals surface area contributed by atoms with Crippen molar-refractivity contribution in [2.45, 2.75) is 30.4 Å². The van der Waals surface area contributed by atoms with E-state index in [4.69, 9.17) is 11.6 Å². The van der Waals surface area contributed by atoms with Crippen molar-refractivity contribution < 1.29 is 13.2 Å². The first kappa shape index (κ1) is 21.6. The van der Waals surface area contributed by atoms with E-state index in [-0.39, 0.29) is 31.8 Å². The Kier molecular flexibility index (Phi) is 7.19. The molecule has 0 aliphatic rings. The lowest BCUT2D eigenvalue weighted by molar-refractivity contribution is 0.0956. The van der Waals surface area contributed by atoms with E-state index < -0.39 is 10.0 Å². The van der Waals surface area contributed by atoms with Gasteiger partial charge in [0.15, 0.2) is 0 Å². The number of sulfonamides is 1. The molecule has 0 spiro atoms. The van der Waals surface area contributed by atoms with Gasteiger partial charge in [0.2, 0.25) is 0 Å². The minimum absolute atomic E-state index is 0.123. The number of carbonyl (C=O) groups is 1. The van der Waals surface area contributed by atoms with Crippen LogP contribution in [0, 0.1) is 0 Å². The highest BCUT2D eigenvalue weighted by Crippen LogP contribution is 2.24. The second-order valence-corrected chi connectivity index (χ2v) is 10.8. The van der Waals surface area contributed by atoms with Crippen molar-refractivity contribution in [3.63, 3.8) is 0 Å². The van der Waals surface area contributed by atoms with E-state index in [1.165, 1.54) is 30.3 Å². The summed E-state index contributed by atoms with van der Waals surface area (Å²) in [6.45, 7) is 6.83. The molecule has 0 saturated carbocycles. The summed E-state index contributed by atoms with van der Waals surface area (Å²) >= 11 is 7.87. The normalized spacial score (nSPS) is 11.9. The van der Waals surface area contributed by atoms with Gasteiger partial charge >= 0.3 is 0 Å². The average Bonchev–Trinajstić information content (AvgIpc) is 2.60. The first-order valence-corrected chi connectivity index (χ1v) is 11.2. The average molecular weight is 427 g/mol. The number of nitrogens with one attached hydrogen (secondary N) is 2. The smallest absolute Gasteiger partial charge is 0.261 e. The van der Waals surface area contributed by atoms with Gasteiger partial charge in [0.1, 0.15) is 0 Å². The molecule has 0 heterocycles. The third kappa shape index (κ3) is 6.75. The molecule has 27 heavy (non-hydrogen) atoms. The van der Waals surface area contributed by atoms with Crippen molar-refractivity contribution in [2.24, 2.45) is 0 Å². The molecule has 2 rings (SSSR count). The van der Waals surface area contributed by atoms with Crippen molar-refractivity contribution in [1.82, 2.24) is 5.32 Å². The van der Waals surface area contributed by atoms with E-state index in [1.54, 1.807) is 30.0 Å². The Morgan fingerprint density at radius 1 is 1.11 bits per heavy atom. The number of benzene rings is 2. The van der Waals surface area contributed by atoms with Crippen molar-refractivity contribution in [3.05, 3.63) is 59.1 Å². The van der Waals surface area contributed by atoms with Crippen LogP contribution >= 0.6 is 23.4 Å². The molecule has 5 nitrogen and oxygen atoms in total. The highest BCUT2D eigenvalue weighted by molar-refractivity contribution is 8.00. The standard InChI is InChI=1S/C19H23ClN2O3S2/c1-19(2,3)26-12-11-21-18(23)16-13-14(9-10-17(16)20)22-27(24,25)15-7-5-4-6-8-15/h4-10,13,22H,11-12H2,1-3H3,(H,21,23). The fraction of sp³-hybridized carbons (Fsp3) is 0.316. The Bertz CT molecular complexity index is 895. The van der Waals surface area contributed by atoms with Gasteiger partial charge in [0, 0.05) is 22.7 Å². The fourth-order valence-corrected chi connectivity index (χ4v) is 4.28. The quantitative estimate of drug-likeness (QED) is 0.643. The molecule has 0 saturated heterocycles. The molecule has 0 unspecified atom stereocenters. The van der Waals surface area contributed by atoms with Crippen LogP contribution in [0.1, 0.15) is 31.1 Å². The minimum atomic E-state index is -3.73. The first-order valence-electron chi connectivity index (χ1n) is 8.38. The van der Waals surface area contributed by atoms with Gasteiger partial charge in [-0.05, 0) is 30.3 Å². The zero-order chi connectivity index (χ0) is 20.1. The predicted octanol–water partition coefficient (Wildman–Crippen LogP) is 4.40. The van der Waals surface area contributed by atoms with Crippen LogP contribution in [-0.4, -0.2) is 31.4 Å². The van der Waals surface area contributed by atoms with E-state index >= 15 is 0 Å². The maximum absolute atomic E-state index is 12.4. The highest BCUT2D eigenvalue weighted by Gasteiger charge is 2.17. The van der Waals surface area contributed by atoms with Gasteiger partial charge in [-0.1, -0.05) is 50.6 Å². The van der Waals surface area contributed by atoms with Crippen molar-refractivity contribution in [3.8, 4) is 0 Å². The molecule has 2 aromatic rings. The Hall–Kier alpha value is -1.70. The van der Waals surface area contributed by atoms with Gasteiger partial charge in [0.05, 0.1) is 15.5 Å². The summed E-state index contributed by atoms with van der Waals surface area (Å²) in [6, 6.07) is 12.5. The van der Waals surface area contributed by atoms with Crippen LogP contribution in [0.5, 0.6) is 0 Å². The zero-order valence-electron chi connectivity index (χ0n) is 15.5. The lowest BCUT2D eigenvalue weighted by Crippen LogP contribution is -2.27. The zero-order valence-corrected chi connectivity index (χ0v) is 17.8. The van der Waals surface area contributed by atoms with Gasteiger partial charge in [-0.25, -0.2) is 8.42 Å². The minimum Gasteiger partial charge on any atom is -0.351 e. The van der Waals surface area contributed by atoms with Crippen LogP contribution in [0.4, 0.5) is 5.69 Å². The Morgan fingerprint density at radius 2 is 1.78 bits per heavy atom. The van der Waals surface area contributed by atoms with E-state index in [9.17, 15) is 13.2 Å². The maximum Gasteiger partial charge on any atom is 0.261 e. The van der Waals surface area contributed by atoms with Crippen LogP contribution in [0.3, 0.4) is 0 Å². The van der Waals surface area contributed by atoms with Crippen LogP contribution in [0.25, 0.3) is 0 Å². The molecule has 0 radical (unpaired) electrons. The summed E-state index contributed by atoms with van der Waals surface area (Å²) in [6.07, 6.45) is 0. The van der Waals surface area contributed by atoms with Crippen molar-refractivity contribution in [1.29, 1.82) is 0 Å². The third-order valence-electron chi connectivity index (χ3n) is 3.44. The van der Waals surface area contributed by atoms with Gasteiger partial charge in [-0.2, -0.15) is 11.8 Å². The molecule has 0 aliphatic carbocycles. The number of carbonyl (C=O) groups excluding carboxylic acids is 1. The molecule has 0 bridgehead atoms. The summed E-state index contributed by atoms with van der Waals surface area (Å²) in [4.78, 5) is 12.5. The van der Waals surface area contributed by atoms with Crippen LogP contribution in [-0.2, 0) is 10.0 Å². The second-order valence-electron chi connectivity index (χ2n) is 6.83. The predicted molar refractivity (Wildman–Crippen MR) is 113 cm³/mol. The SMILES string of the molecule is CC(C)(C)SCCNC(=O)c1cc(NS(=O)(=O)c2ccccc2)ccc1Cl. The summed E-state index contributed by atoms with van der Waals surface area (Å²) < 4.78 is 27.4. The number of halogens is 1. The van der Waals surface area contributed by atoms with Crippen molar-refractivity contribution >= 4 is 45.0 Å². The Labute approximate surface area is 169 Å². The van der Waals surface area contributed by atoms with Gasteiger partial charge in [0.25, 0.3) is 15.9 Å². The Balaban J connectivity index is 2.08. The van der Waals surface area contributed by atoms with Crippen LogP contribution in [0.2, 0.25) is 5.02 Å². The topological polar surface area (TPSA) is 75.3 Å². The van der Waals surface area contributed by atoms with E-state index in [2.05, 4.69) is 30.8 Å². The third-order valence-corrected chi connectivity index (χ3v) is 6.44. The molecule has 2 aromatic carbocycles. The maximum atomic E-state index is 12.4. The van der Waals surface area contributed by atoms with Crippen LogP contribution in [0.15, 0.2) is 53.4 Å². The van der Waals surface area contributed by atoms with E-state index in [0.29, 0.717) is 6.54 Å². The molecule has 146 valence electrons. The Morgan fingerprint density at radius 3 is 2.41 bits per heavy atom. The largest absolute Gasteiger partial charge is 0.351 e. The molecular weight excluding hydrogens is 404 g/mol. The molecule has 2 N–H and O–H groups in total. The number of amides is 1. The molecule has 0 aliphatic heterocycles. The molecule has 0 fully saturated rings. The molecule has 0 atom stereocenters. The summed E-state index contributed by atoms with van der Waals surface area (Å²) in [7, 11) is -3.73. The number of rotatable bonds is 7. The summed E-state index contributed by atoms with van der Waals surface area (Å²) in [5.41, 5.74) is 0.503. The number of thioether (sulfide) groups is 1. The van der Waals surface area contributed by atoms with Crippen molar-refractivity contribution in [2.75, 3.05) is 17.0 Å². The van der Waals surface area contributed by atoms with Gasteiger partial charge < -0.3 is 5.32 Å². The second kappa shape index (κ2) is 8.99. The fourth-order valence-electron chi connectivity index (χ4n) is 2.19. The molecular formula is C19H23ClN2O3S2. The lowest BCUT2D eigenvalue weighted by atomic mass is 10.2. The van der Waals surface area contributed by atoms with Crippen LogP contribution < -0.4 is 10.0 Å². The molecule has 8 heteroatoms. The lowest BCUT2D eigenvalue weighted by Gasteiger charge is -2.17.